The summed E-state index contributed by atoms with van der Waals surface area (Å²) in [7, 11) is 0. The molecule has 1 aromatic carbocycles. The smallest absolute Gasteiger partial charge is 0.335 e. The van der Waals surface area contributed by atoms with Crippen LogP contribution < -0.4 is 5.73 Å². The Morgan fingerprint density at radius 3 is 2.42 bits per heavy atom. The number of rotatable bonds is 4. The van der Waals surface area contributed by atoms with E-state index in [0.717, 1.165) is 34.6 Å². The van der Waals surface area contributed by atoms with Crippen LogP contribution >= 0.6 is 0 Å². The molecular formula is C21H26N2O3. The molecule has 2 aromatic rings. The minimum Gasteiger partial charge on any atom is -0.478 e. The van der Waals surface area contributed by atoms with Crippen molar-refractivity contribution < 1.29 is 14.7 Å². The van der Waals surface area contributed by atoms with Gasteiger partial charge in [0.25, 0.3) is 0 Å². The van der Waals surface area contributed by atoms with E-state index in [9.17, 15) is 14.7 Å². The van der Waals surface area contributed by atoms with Gasteiger partial charge >= 0.3 is 5.97 Å². The Bertz CT molecular complexity index is 924. The zero-order valence-corrected chi connectivity index (χ0v) is 16.0. The second kappa shape index (κ2) is 5.73. The first-order valence-electron chi connectivity index (χ1n) is 8.93. The van der Waals surface area contributed by atoms with Gasteiger partial charge in [-0.25, -0.2) is 4.79 Å². The van der Waals surface area contributed by atoms with E-state index in [1.165, 1.54) is 0 Å². The number of aromatic nitrogens is 1. The van der Waals surface area contributed by atoms with Gasteiger partial charge in [-0.2, -0.15) is 0 Å². The third-order valence-electron chi connectivity index (χ3n) is 5.76. The van der Waals surface area contributed by atoms with E-state index < -0.39 is 11.4 Å². The number of benzene rings is 1. The van der Waals surface area contributed by atoms with Crippen LogP contribution in [0.5, 0.6) is 0 Å². The van der Waals surface area contributed by atoms with E-state index in [-0.39, 0.29) is 16.9 Å². The molecule has 1 aliphatic carbocycles. The highest BCUT2D eigenvalue weighted by Crippen LogP contribution is 2.53. The lowest BCUT2D eigenvalue weighted by molar-refractivity contribution is -0.123. The minimum atomic E-state index is -0.954. The highest BCUT2D eigenvalue weighted by molar-refractivity contribution is 5.90. The monoisotopic (exact) mass is 354 g/mol. The van der Waals surface area contributed by atoms with Crippen molar-refractivity contribution in [3.8, 4) is 5.69 Å². The molecule has 3 rings (SSSR count). The lowest BCUT2D eigenvalue weighted by Crippen LogP contribution is -2.38. The van der Waals surface area contributed by atoms with Gasteiger partial charge in [-0.1, -0.05) is 26.8 Å². The Hall–Kier alpha value is -2.56. The predicted octanol–water partition coefficient (Wildman–Crippen LogP) is 3.47. The molecule has 1 aromatic heterocycles. The molecule has 0 fully saturated rings. The van der Waals surface area contributed by atoms with Crippen LogP contribution in [0.25, 0.3) is 5.69 Å². The summed E-state index contributed by atoms with van der Waals surface area (Å²) < 4.78 is 2.10. The molecular weight excluding hydrogens is 328 g/mol. The average molecular weight is 354 g/mol. The fourth-order valence-corrected chi connectivity index (χ4v) is 4.91. The topological polar surface area (TPSA) is 85.3 Å². The highest BCUT2D eigenvalue weighted by Gasteiger charge is 2.52. The molecule has 1 atom stereocenters. The summed E-state index contributed by atoms with van der Waals surface area (Å²) in [5.41, 5.74) is 10.3. The molecule has 1 aliphatic rings. The van der Waals surface area contributed by atoms with E-state index in [1.54, 1.807) is 18.2 Å². The number of amides is 1. The second-order valence-electron chi connectivity index (χ2n) is 8.08. The zero-order chi connectivity index (χ0) is 19.4. The number of hydrogen-bond acceptors (Lipinski definition) is 2. The van der Waals surface area contributed by atoms with Crippen molar-refractivity contribution in [3.63, 3.8) is 0 Å². The van der Waals surface area contributed by atoms with Crippen LogP contribution in [0, 0.1) is 6.92 Å². The Balaban J connectivity index is 2.37. The van der Waals surface area contributed by atoms with E-state index in [1.807, 2.05) is 19.9 Å². The van der Waals surface area contributed by atoms with Gasteiger partial charge in [0, 0.05) is 17.1 Å². The molecule has 0 radical (unpaired) electrons. The predicted molar refractivity (Wildman–Crippen MR) is 101 cm³/mol. The fraction of sp³-hybridized carbons (Fsp3) is 0.429. The number of primary amides is 1. The molecule has 0 spiro atoms. The van der Waals surface area contributed by atoms with E-state index in [0.29, 0.717) is 6.42 Å². The standard InChI is InChI=1S/C21H26N2O3/c1-6-15-17-16(20(3,4)11-21(17,5)19(22)26)12(2)23(15)14-9-7-8-13(10-14)18(24)25/h7-10H,6,11H2,1-5H3,(H2,22,26)(H,24,25). The third-order valence-corrected chi connectivity index (χ3v) is 5.76. The Kier molecular flexibility index (Phi) is 4.02. The second-order valence-corrected chi connectivity index (χ2v) is 8.08. The number of nitrogens with two attached hydrogens (primary N) is 1. The lowest BCUT2D eigenvalue weighted by Gasteiger charge is -2.27. The summed E-state index contributed by atoms with van der Waals surface area (Å²) in [6.07, 6.45) is 1.41. The first-order chi connectivity index (χ1) is 12.0. The summed E-state index contributed by atoms with van der Waals surface area (Å²) in [5, 5.41) is 9.34. The average Bonchev–Trinajstić information content (AvgIpc) is 2.99. The molecule has 0 bridgehead atoms. The first-order valence-corrected chi connectivity index (χ1v) is 8.93. The number of carbonyl (C=O) groups excluding carboxylic acids is 1. The normalized spacial score (nSPS) is 20.8. The molecule has 5 heteroatoms. The number of carboxylic acids is 1. The largest absolute Gasteiger partial charge is 0.478 e. The van der Waals surface area contributed by atoms with Crippen molar-refractivity contribution in [3.05, 3.63) is 52.3 Å². The molecule has 0 saturated carbocycles. The number of hydrogen-bond donors (Lipinski definition) is 2. The maximum atomic E-state index is 12.4. The third kappa shape index (κ3) is 2.37. The van der Waals surface area contributed by atoms with Crippen LogP contribution in [0.3, 0.4) is 0 Å². The molecule has 0 aliphatic heterocycles. The SMILES string of the molecule is CCc1c2c(c(C)n1-c1cccc(C(=O)O)c1)C(C)(C)CC2(C)C(N)=O. The van der Waals surface area contributed by atoms with Gasteiger partial charge in [0.15, 0.2) is 0 Å². The van der Waals surface area contributed by atoms with Gasteiger partial charge < -0.3 is 15.4 Å². The van der Waals surface area contributed by atoms with Crippen molar-refractivity contribution in [2.75, 3.05) is 0 Å². The number of carboxylic acid groups (broad SMARTS) is 1. The van der Waals surface area contributed by atoms with Gasteiger partial charge in [0.2, 0.25) is 5.91 Å². The zero-order valence-electron chi connectivity index (χ0n) is 16.0. The van der Waals surface area contributed by atoms with Crippen molar-refractivity contribution in [2.45, 2.75) is 58.3 Å². The maximum Gasteiger partial charge on any atom is 0.335 e. The Morgan fingerprint density at radius 1 is 1.23 bits per heavy atom. The van der Waals surface area contributed by atoms with Crippen LogP contribution in [0.4, 0.5) is 0 Å². The molecule has 3 N–H and O–H groups in total. The van der Waals surface area contributed by atoms with Gasteiger partial charge in [-0.3, -0.25) is 4.79 Å². The van der Waals surface area contributed by atoms with E-state index >= 15 is 0 Å². The Labute approximate surface area is 153 Å². The molecule has 5 nitrogen and oxygen atoms in total. The molecule has 1 unspecified atom stereocenters. The van der Waals surface area contributed by atoms with Gasteiger partial charge in [0.1, 0.15) is 0 Å². The summed E-state index contributed by atoms with van der Waals surface area (Å²) >= 11 is 0. The minimum absolute atomic E-state index is 0.178. The van der Waals surface area contributed by atoms with Crippen LogP contribution in [0.15, 0.2) is 24.3 Å². The fourth-order valence-electron chi connectivity index (χ4n) is 4.91. The molecule has 26 heavy (non-hydrogen) atoms. The van der Waals surface area contributed by atoms with Crippen molar-refractivity contribution in [1.82, 2.24) is 4.57 Å². The van der Waals surface area contributed by atoms with E-state index in [4.69, 9.17) is 5.73 Å². The van der Waals surface area contributed by atoms with Crippen LogP contribution in [-0.2, 0) is 22.0 Å². The van der Waals surface area contributed by atoms with Gasteiger partial charge in [-0.05, 0) is 61.4 Å². The molecule has 1 heterocycles. The van der Waals surface area contributed by atoms with Gasteiger partial charge in [0.05, 0.1) is 11.0 Å². The number of aromatic carboxylic acids is 1. The molecule has 138 valence electrons. The number of fused-ring (bicyclic) bond motifs is 1. The van der Waals surface area contributed by atoms with Crippen LogP contribution in [0.1, 0.15) is 67.0 Å². The van der Waals surface area contributed by atoms with Gasteiger partial charge in [-0.15, -0.1) is 0 Å². The Morgan fingerprint density at radius 2 is 1.88 bits per heavy atom. The summed E-state index contributed by atoms with van der Waals surface area (Å²) in [4.78, 5) is 23.8. The molecule has 0 saturated heterocycles. The first kappa shape index (κ1) is 18.2. The van der Waals surface area contributed by atoms with Crippen molar-refractivity contribution in [1.29, 1.82) is 0 Å². The van der Waals surface area contributed by atoms with Crippen molar-refractivity contribution in [2.24, 2.45) is 5.73 Å². The summed E-state index contributed by atoms with van der Waals surface area (Å²) in [6, 6.07) is 6.92. The molecule has 1 amide bonds. The summed E-state index contributed by atoms with van der Waals surface area (Å²) in [5.74, 6) is -1.26. The number of nitrogens with zero attached hydrogens (tertiary/aromatic N) is 1. The quantitative estimate of drug-likeness (QED) is 0.881. The number of carbonyl (C=O) groups is 2. The van der Waals surface area contributed by atoms with Crippen LogP contribution in [0.2, 0.25) is 0 Å². The van der Waals surface area contributed by atoms with Crippen LogP contribution in [-0.4, -0.2) is 21.6 Å². The van der Waals surface area contributed by atoms with E-state index in [2.05, 4.69) is 25.3 Å². The van der Waals surface area contributed by atoms with Crippen molar-refractivity contribution >= 4 is 11.9 Å². The lowest BCUT2D eigenvalue weighted by atomic mass is 9.78. The highest BCUT2D eigenvalue weighted by atomic mass is 16.4. The summed E-state index contributed by atoms with van der Waals surface area (Å²) in [6.45, 7) is 10.3. The maximum absolute atomic E-state index is 12.4.